The van der Waals surface area contributed by atoms with Crippen molar-refractivity contribution >= 4 is 17.6 Å². The Morgan fingerprint density at radius 1 is 1.22 bits per heavy atom. The number of methoxy groups -OCH3 is 1. The fraction of sp³-hybridized carbons (Fsp3) is 0.467. The minimum Gasteiger partial charge on any atom is -0.478 e. The maximum Gasteiger partial charge on any atom is 0.394 e. The molecule has 0 fully saturated rings. The Labute approximate surface area is 131 Å². The van der Waals surface area contributed by atoms with Crippen molar-refractivity contribution in [1.82, 2.24) is 0 Å². The quantitative estimate of drug-likeness (QED) is 0.836. The van der Waals surface area contributed by atoms with Crippen LogP contribution in [-0.2, 0) is 16.1 Å². The zero-order valence-corrected chi connectivity index (χ0v) is 13.0. The van der Waals surface area contributed by atoms with Gasteiger partial charge in [-0.3, -0.25) is 4.79 Å². The van der Waals surface area contributed by atoms with Crippen molar-refractivity contribution in [1.29, 1.82) is 0 Å². The predicted octanol–water partition coefficient (Wildman–Crippen LogP) is 3.45. The lowest BCUT2D eigenvalue weighted by atomic mass is 9.88. The summed E-state index contributed by atoms with van der Waals surface area (Å²) in [7, 11) is 1.41. The molecule has 0 saturated heterocycles. The maximum atomic E-state index is 12.8. The number of rotatable bonds is 6. The second-order valence-corrected chi connectivity index (χ2v) is 5.76. The Hall–Kier alpha value is -2.09. The van der Waals surface area contributed by atoms with Crippen LogP contribution < -0.4 is 5.32 Å². The first-order valence-electron chi connectivity index (χ1n) is 6.69. The molecule has 128 valence electrons. The summed E-state index contributed by atoms with van der Waals surface area (Å²) in [6, 6.07) is 4.00. The number of halogens is 3. The van der Waals surface area contributed by atoms with Crippen molar-refractivity contribution in [2.75, 3.05) is 12.4 Å². The molecule has 0 bridgehead atoms. The number of anilines is 1. The summed E-state index contributed by atoms with van der Waals surface area (Å²) >= 11 is 0. The van der Waals surface area contributed by atoms with Crippen LogP contribution in [0.25, 0.3) is 0 Å². The van der Waals surface area contributed by atoms with Crippen molar-refractivity contribution in [2.45, 2.75) is 33.1 Å². The molecular weight excluding hydrogens is 315 g/mol. The second-order valence-electron chi connectivity index (χ2n) is 5.76. The molecule has 0 saturated carbocycles. The lowest BCUT2D eigenvalue weighted by Crippen LogP contribution is -2.35. The summed E-state index contributed by atoms with van der Waals surface area (Å²) in [5.74, 6) is -2.06. The van der Waals surface area contributed by atoms with Crippen LogP contribution in [0.3, 0.4) is 0 Å². The first-order chi connectivity index (χ1) is 10.5. The Morgan fingerprint density at radius 3 is 2.30 bits per heavy atom. The van der Waals surface area contributed by atoms with E-state index in [1.807, 2.05) is 0 Å². The average molecular weight is 333 g/mol. The SMILES string of the molecule is COCc1cc(NC(=O)CC(C)(C)C(F)(F)F)cc(C(=O)O)c1. The highest BCUT2D eigenvalue weighted by molar-refractivity contribution is 5.94. The summed E-state index contributed by atoms with van der Waals surface area (Å²) in [4.78, 5) is 22.9. The number of nitrogens with one attached hydrogen (secondary N) is 1. The monoisotopic (exact) mass is 333 g/mol. The molecule has 0 spiro atoms. The van der Waals surface area contributed by atoms with Crippen LogP contribution in [0.15, 0.2) is 18.2 Å². The second kappa shape index (κ2) is 6.99. The van der Waals surface area contributed by atoms with Gasteiger partial charge in [-0.25, -0.2) is 4.79 Å². The van der Waals surface area contributed by atoms with E-state index in [-0.39, 0.29) is 17.9 Å². The van der Waals surface area contributed by atoms with Gasteiger partial charge < -0.3 is 15.2 Å². The summed E-state index contributed by atoms with van der Waals surface area (Å²) in [6.45, 7) is 1.96. The minimum atomic E-state index is -4.52. The minimum absolute atomic E-state index is 0.0927. The van der Waals surface area contributed by atoms with Crippen LogP contribution in [0.2, 0.25) is 0 Å². The number of ether oxygens (including phenoxy) is 1. The lowest BCUT2D eigenvalue weighted by molar-refractivity contribution is -0.213. The topological polar surface area (TPSA) is 75.6 Å². The zero-order chi connectivity index (χ0) is 17.8. The van der Waals surface area contributed by atoms with Crippen LogP contribution in [0.1, 0.15) is 36.2 Å². The van der Waals surface area contributed by atoms with E-state index < -0.39 is 29.9 Å². The molecule has 1 rings (SSSR count). The first-order valence-corrected chi connectivity index (χ1v) is 6.69. The molecule has 0 atom stereocenters. The lowest BCUT2D eigenvalue weighted by Gasteiger charge is -2.26. The van der Waals surface area contributed by atoms with E-state index in [0.29, 0.717) is 5.56 Å². The molecule has 5 nitrogen and oxygen atoms in total. The third-order valence-electron chi connectivity index (χ3n) is 3.20. The van der Waals surface area contributed by atoms with Crippen molar-refractivity contribution in [3.05, 3.63) is 29.3 Å². The molecule has 1 aromatic carbocycles. The fourth-order valence-electron chi connectivity index (χ4n) is 1.84. The van der Waals surface area contributed by atoms with Crippen LogP contribution in [0, 0.1) is 5.41 Å². The molecule has 0 aliphatic carbocycles. The van der Waals surface area contributed by atoms with E-state index in [2.05, 4.69) is 5.32 Å². The third kappa shape index (κ3) is 5.24. The molecule has 1 amide bonds. The number of benzene rings is 1. The van der Waals surface area contributed by atoms with Gasteiger partial charge in [-0.1, -0.05) is 13.8 Å². The maximum absolute atomic E-state index is 12.8. The van der Waals surface area contributed by atoms with Gasteiger partial charge in [0.15, 0.2) is 0 Å². The highest BCUT2D eigenvalue weighted by Gasteiger charge is 2.48. The van der Waals surface area contributed by atoms with Gasteiger partial charge in [-0.2, -0.15) is 13.2 Å². The van der Waals surface area contributed by atoms with Gasteiger partial charge in [0.2, 0.25) is 5.91 Å². The summed E-state index contributed by atoms with van der Waals surface area (Å²) in [5.41, 5.74) is -1.68. The largest absolute Gasteiger partial charge is 0.478 e. The van der Waals surface area contributed by atoms with Crippen LogP contribution in [0.4, 0.5) is 18.9 Å². The van der Waals surface area contributed by atoms with Gasteiger partial charge in [0.25, 0.3) is 0 Å². The molecule has 0 aliphatic rings. The van der Waals surface area contributed by atoms with Gasteiger partial charge in [0.1, 0.15) is 0 Å². The molecule has 8 heteroatoms. The number of aromatic carboxylic acids is 1. The Morgan fingerprint density at radius 2 is 1.83 bits per heavy atom. The number of carboxylic acids is 1. The van der Waals surface area contributed by atoms with E-state index in [1.165, 1.54) is 25.3 Å². The fourth-order valence-corrected chi connectivity index (χ4v) is 1.84. The predicted molar refractivity (Wildman–Crippen MR) is 77.2 cm³/mol. The van der Waals surface area contributed by atoms with Crippen LogP contribution in [-0.4, -0.2) is 30.3 Å². The summed E-state index contributed by atoms with van der Waals surface area (Å²) in [5, 5.41) is 11.3. The Balaban J connectivity index is 2.95. The number of alkyl halides is 3. The van der Waals surface area contributed by atoms with Crippen molar-refractivity contribution < 1.29 is 32.6 Å². The zero-order valence-electron chi connectivity index (χ0n) is 13.0. The normalized spacial score (nSPS) is 12.1. The molecule has 0 heterocycles. The van der Waals surface area contributed by atoms with E-state index in [4.69, 9.17) is 9.84 Å². The smallest absolute Gasteiger partial charge is 0.394 e. The number of hydrogen-bond donors (Lipinski definition) is 2. The molecular formula is C15H18F3NO4. The molecule has 23 heavy (non-hydrogen) atoms. The Kier molecular flexibility index (Phi) is 5.76. The number of carbonyl (C=O) groups is 2. The number of carbonyl (C=O) groups excluding carboxylic acids is 1. The molecule has 1 aromatic rings. The molecule has 0 radical (unpaired) electrons. The molecule has 2 N–H and O–H groups in total. The van der Waals surface area contributed by atoms with Gasteiger partial charge in [0.05, 0.1) is 17.6 Å². The van der Waals surface area contributed by atoms with Crippen molar-refractivity contribution in [3.63, 3.8) is 0 Å². The van der Waals surface area contributed by atoms with Gasteiger partial charge >= 0.3 is 12.1 Å². The van der Waals surface area contributed by atoms with E-state index in [9.17, 15) is 22.8 Å². The number of hydrogen-bond acceptors (Lipinski definition) is 3. The van der Waals surface area contributed by atoms with Crippen LogP contribution >= 0.6 is 0 Å². The third-order valence-corrected chi connectivity index (χ3v) is 3.20. The van der Waals surface area contributed by atoms with Gasteiger partial charge in [0, 0.05) is 19.2 Å². The van der Waals surface area contributed by atoms with E-state index in [1.54, 1.807) is 0 Å². The van der Waals surface area contributed by atoms with Crippen molar-refractivity contribution in [2.24, 2.45) is 5.41 Å². The highest BCUT2D eigenvalue weighted by atomic mass is 19.4. The van der Waals surface area contributed by atoms with Crippen LogP contribution in [0.5, 0.6) is 0 Å². The summed E-state index contributed by atoms with van der Waals surface area (Å²) < 4.78 is 43.3. The molecule has 0 aromatic heterocycles. The number of amides is 1. The van der Waals surface area contributed by atoms with E-state index in [0.717, 1.165) is 13.8 Å². The van der Waals surface area contributed by atoms with Gasteiger partial charge in [-0.15, -0.1) is 0 Å². The first kappa shape index (κ1) is 19.0. The number of carboxylic acid groups (broad SMARTS) is 1. The summed E-state index contributed by atoms with van der Waals surface area (Å²) in [6.07, 6.45) is -5.29. The highest BCUT2D eigenvalue weighted by Crippen LogP contribution is 2.40. The molecule has 0 aliphatic heterocycles. The van der Waals surface area contributed by atoms with E-state index >= 15 is 0 Å². The molecule has 0 unspecified atom stereocenters. The average Bonchev–Trinajstić information content (AvgIpc) is 2.36. The van der Waals surface area contributed by atoms with Gasteiger partial charge in [-0.05, 0) is 23.8 Å². The standard InChI is InChI=1S/C15H18F3NO4/c1-14(2,15(16,17)18)7-12(20)19-11-5-9(8-23-3)4-10(6-11)13(21)22/h4-6H,7-8H2,1-3H3,(H,19,20)(H,21,22). The Bertz CT molecular complexity index is 597. The van der Waals surface area contributed by atoms with Crippen molar-refractivity contribution in [3.8, 4) is 0 Å².